The van der Waals surface area contributed by atoms with Crippen LogP contribution in [0.15, 0.2) is 0 Å². The molecule has 120 valence electrons. The van der Waals surface area contributed by atoms with Crippen molar-refractivity contribution >= 4 is 17.8 Å². The predicted octanol–water partition coefficient (Wildman–Crippen LogP) is 0.0833. The number of carbonyl (C=O) groups is 3. The van der Waals surface area contributed by atoms with Gasteiger partial charge in [-0.25, -0.2) is 0 Å². The summed E-state index contributed by atoms with van der Waals surface area (Å²) in [6, 6.07) is -0.329. The van der Waals surface area contributed by atoms with Crippen LogP contribution < -0.4 is 5.32 Å². The van der Waals surface area contributed by atoms with Crippen molar-refractivity contribution in [3.05, 3.63) is 0 Å². The summed E-state index contributed by atoms with van der Waals surface area (Å²) in [5, 5.41) is 2.75. The fourth-order valence-electron chi connectivity index (χ4n) is 2.39. The summed E-state index contributed by atoms with van der Waals surface area (Å²) in [6.45, 7) is 1.32. The van der Waals surface area contributed by atoms with Gasteiger partial charge in [0.05, 0.1) is 20.8 Å². The van der Waals surface area contributed by atoms with Crippen molar-refractivity contribution in [2.45, 2.75) is 38.1 Å². The number of hydrogen-bond donors (Lipinski definition) is 1. The molecule has 0 aromatic heterocycles. The molecule has 1 rings (SSSR count). The molecular formula is C14H24N2O5. The van der Waals surface area contributed by atoms with Gasteiger partial charge >= 0.3 is 11.9 Å². The van der Waals surface area contributed by atoms with Crippen LogP contribution in [-0.2, 0) is 23.9 Å². The summed E-state index contributed by atoms with van der Waals surface area (Å²) in [7, 11) is 2.70. The van der Waals surface area contributed by atoms with Crippen LogP contribution in [-0.4, -0.2) is 62.6 Å². The number of likely N-dealkylation sites (tertiary alicyclic amines) is 1. The first-order valence-electron chi connectivity index (χ1n) is 7.24. The lowest BCUT2D eigenvalue weighted by atomic mass is 10.0. The van der Waals surface area contributed by atoms with Gasteiger partial charge in [0, 0.05) is 13.0 Å². The molecule has 0 aliphatic carbocycles. The smallest absolute Gasteiger partial charge is 0.323 e. The third kappa shape index (κ3) is 6.12. The van der Waals surface area contributed by atoms with Crippen molar-refractivity contribution in [1.29, 1.82) is 0 Å². The predicted molar refractivity (Wildman–Crippen MR) is 75.5 cm³/mol. The van der Waals surface area contributed by atoms with Gasteiger partial charge in [0.15, 0.2) is 0 Å². The highest BCUT2D eigenvalue weighted by Crippen LogP contribution is 2.17. The molecule has 1 amide bonds. The Morgan fingerprint density at radius 3 is 2.62 bits per heavy atom. The number of carbonyl (C=O) groups excluding carboxylic acids is 3. The molecule has 0 saturated carbocycles. The topological polar surface area (TPSA) is 84.9 Å². The zero-order valence-electron chi connectivity index (χ0n) is 12.7. The first-order valence-corrected chi connectivity index (χ1v) is 7.24. The Bertz CT molecular complexity index is 372. The van der Waals surface area contributed by atoms with E-state index in [2.05, 4.69) is 10.1 Å². The molecule has 1 aliphatic rings. The van der Waals surface area contributed by atoms with Gasteiger partial charge in [0.25, 0.3) is 0 Å². The standard InChI is InChI=1S/C14H24N2O5/c1-20-13(18)7-5-8-15-12(17)10-16-9-4-3-6-11(16)14(19)21-2/h11H,3-10H2,1-2H3,(H,15,17)/t11-/m1/s1. The van der Waals surface area contributed by atoms with Gasteiger partial charge in [-0.3, -0.25) is 19.3 Å². The van der Waals surface area contributed by atoms with E-state index in [0.717, 1.165) is 25.8 Å². The summed E-state index contributed by atoms with van der Waals surface area (Å²) < 4.78 is 9.30. The van der Waals surface area contributed by atoms with Crippen LogP contribution in [0.2, 0.25) is 0 Å². The van der Waals surface area contributed by atoms with E-state index in [-0.39, 0.29) is 36.9 Å². The second kappa shape index (κ2) is 9.33. The monoisotopic (exact) mass is 300 g/mol. The van der Waals surface area contributed by atoms with Crippen LogP contribution >= 0.6 is 0 Å². The molecule has 1 heterocycles. The van der Waals surface area contributed by atoms with Gasteiger partial charge in [-0.2, -0.15) is 0 Å². The third-order valence-corrected chi connectivity index (χ3v) is 3.54. The summed E-state index contributed by atoms with van der Waals surface area (Å²) in [6.07, 6.45) is 3.49. The SMILES string of the molecule is COC(=O)CCCNC(=O)CN1CCCC[C@@H]1C(=O)OC. The number of piperidine rings is 1. The minimum Gasteiger partial charge on any atom is -0.469 e. The van der Waals surface area contributed by atoms with Gasteiger partial charge in [0.2, 0.25) is 5.91 Å². The molecule has 0 aromatic rings. The number of methoxy groups -OCH3 is 2. The minimum absolute atomic E-state index is 0.143. The molecule has 1 saturated heterocycles. The quantitative estimate of drug-likeness (QED) is 0.529. The number of esters is 2. The molecule has 1 fully saturated rings. The molecule has 0 unspecified atom stereocenters. The molecule has 0 radical (unpaired) electrons. The number of rotatable bonds is 7. The van der Waals surface area contributed by atoms with Crippen LogP contribution in [0.5, 0.6) is 0 Å². The van der Waals surface area contributed by atoms with Gasteiger partial charge in [-0.05, 0) is 25.8 Å². The molecule has 7 nitrogen and oxygen atoms in total. The minimum atomic E-state index is -0.329. The zero-order chi connectivity index (χ0) is 15.7. The second-order valence-electron chi connectivity index (χ2n) is 5.03. The van der Waals surface area contributed by atoms with Gasteiger partial charge in [0.1, 0.15) is 6.04 Å². The number of amides is 1. The van der Waals surface area contributed by atoms with Crippen molar-refractivity contribution in [3.8, 4) is 0 Å². The Hall–Kier alpha value is -1.63. The number of nitrogens with zero attached hydrogens (tertiary/aromatic N) is 1. The van der Waals surface area contributed by atoms with E-state index < -0.39 is 0 Å². The Balaban J connectivity index is 2.31. The molecule has 1 aliphatic heterocycles. The fourth-order valence-corrected chi connectivity index (χ4v) is 2.39. The van der Waals surface area contributed by atoms with E-state index in [1.807, 2.05) is 4.90 Å². The molecule has 0 bridgehead atoms. The van der Waals surface area contributed by atoms with Crippen molar-refractivity contribution in [2.24, 2.45) is 0 Å². The van der Waals surface area contributed by atoms with Crippen molar-refractivity contribution < 1.29 is 23.9 Å². The highest BCUT2D eigenvalue weighted by molar-refractivity contribution is 5.80. The van der Waals surface area contributed by atoms with E-state index in [0.29, 0.717) is 13.0 Å². The Kier molecular flexibility index (Phi) is 7.74. The summed E-state index contributed by atoms with van der Waals surface area (Å²) >= 11 is 0. The molecule has 7 heteroatoms. The van der Waals surface area contributed by atoms with Gasteiger partial charge in [-0.1, -0.05) is 6.42 Å². The maximum absolute atomic E-state index is 11.9. The van der Waals surface area contributed by atoms with E-state index in [4.69, 9.17) is 4.74 Å². The largest absolute Gasteiger partial charge is 0.469 e. The maximum Gasteiger partial charge on any atom is 0.323 e. The first-order chi connectivity index (χ1) is 10.1. The maximum atomic E-state index is 11.9. The third-order valence-electron chi connectivity index (χ3n) is 3.54. The lowest BCUT2D eigenvalue weighted by molar-refractivity contribution is -0.149. The average Bonchev–Trinajstić information content (AvgIpc) is 2.51. The molecule has 1 atom stereocenters. The normalized spacial score (nSPS) is 18.9. The summed E-state index contributed by atoms with van der Waals surface area (Å²) in [4.78, 5) is 36.3. The molecular weight excluding hydrogens is 276 g/mol. The van der Waals surface area contributed by atoms with Crippen LogP contribution in [0.25, 0.3) is 0 Å². The van der Waals surface area contributed by atoms with Crippen molar-refractivity contribution in [1.82, 2.24) is 10.2 Å². The summed E-state index contributed by atoms with van der Waals surface area (Å²) in [5.74, 6) is -0.713. The van der Waals surface area contributed by atoms with Crippen LogP contribution in [0.1, 0.15) is 32.1 Å². The van der Waals surface area contributed by atoms with Crippen LogP contribution in [0, 0.1) is 0 Å². The average molecular weight is 300 g/mol. The molecule has 0 spiro atoms. The molecule has 0 aromatic carbocycles. The number of hydrogen-bond acceptors (Lipinski definition) is 6. The van der Waals surface area contributed by atoms with Gasteiger partial charge in [-0.15, -0.1) is 0 Å². The Labute approximate surface area is 124 Å². The lowest BCUT2D eigenvalue weighted by Crippen LogP contribution is -2.49. The second-order valence-corrected chi connectivity index (χ2v) is 5.03. The molecule has 21 heavy (non-hydrogen) atoms. The first kappa shape index (κ1) is 17.4. The fraction of sp³-hybridized carbons (Fsp3) is 0.786. The highest BCUT2D eigenvalue weighted by Gasteiger charge is 2.30. The highest BCUT2D eigenvalue weighted by atomic mass is 16.5. The van der Waals surface area contributed by atoms with Crippen molar-refractivity contribution in [3.63, 3.8) is 0 Å². The van der Waals surface area contributed by atoms with Gasteiger partial charge < -0.3 is 14.8 Å². The number of ether oxygens (including phenoxy) is 2. The lowest BCUT2D eigenvalue weighted by Gasteiger charge is -2.32. The molecule has 1 N–H and O–H groups in total. The van der Waals surface area contributed by atoms with E-state index in [9.17, 15) is 14.4 Å². The summed E-state index contributed by atoms with van der Waals surface area (Å²) in [5.41, 5.74) is 0. The Morgan fingerprint density at radius 2 is 1.95 bits per heavy atom. The number of nitrogens with one attached hydrogen (secondary N) is 1. The Morgan fingerprint density at radius 1 is 1.19 bits per heavy atom. The van der Waals surface area contributed by atoms with E-state index >= 15 is 0 Å². The van der Waals surface area contributed by atoms with E-state index in [1.165, 1.54) is 14.2 Å². The van der Waals surface area contributed by atoms with E-state index in [1.54, 1.807) is 0 Å². The zero-order valence-corrected chi connectivity index (χ0v) is 12.7. The van der Waals surface area contributed by atoms with Crippen molar-refractivity contribution in [2.75, 3.05) is 33.9 Å². The van der Waals surface area contributed by atoms with Crippen LogP contribution in [0.4, 0.5) is 0 Å². The van der Waals surface area contributed by atoms with Crippen LogP contribution in [0.3, 0.4) is 0 Å².